The van der Waals surface area contributed by atoms with Crippen LogP contribution in [0.3, 0.4) is 0 Å². The van der Waals surface area contributed by atoms with Crippen molar-refractivity contribution in [3.05, 3.63) is 23.3 Å². The summed E-state index contributed by atoms with van der Waals surface area (Å²) in [6, 6.07) is 3.93. The molecule has 1 saturated heterocycles. The first-order valence-electron chi connectivity index (χ1n) is 9.30. The van der Waals surface area contributed by atoms with Crippen LogP contribution in [0.4, 0.5) is 0 Å². The van der Waals surface area contributed by atoms with Crippen molar-refractivity contribution in [2.24, 2.45) is 5.92 Å². The van der Waals surface area contributed by atoms with Crippen LogP contribution in [-0.4, -0.2) is 68.0 Å². The number of phenols is 2. The summed E-state index contributed by atoms with van der Waals surface area (Å²) in [6.07, 6.45) is 2.98. The Morgan fingerprint density at radius 1 is 1.15 bits per heavy atom. The van der Waals surface area contributed by atoms with Crippen LogP contribution < -0.4 is 0 Å². The number of nitrogens with zero attached hydrogens (tertiary/aromatic N) is 1. The number of methoxy groups -OCH3 is 3. The molecule has 2 bridgehead atoms. The molecule has 1 saturated carbocycles. The Bertz CT molecular complexity index is 704. The molecule has 0 radical (unpaired) electrons. The van der Waals surface area contributed by atoms with E-state index in [-0.39, 0.29) is 23.0 Å². The highest BCUT2D eigenvalue weighted by atomic mass is 16.7. The maximum absolute atomic E-state index is 10.8. The zero-order valence-corrected chi connectivity index (χ0v) is 16.0. The fourth-order valence-electron chi connectivity index (χ4n) is 6.00. The molecule has 1 aliphatic heterocycles. The van der Waals surface area contributed by atoms with Crippen molar-refractivity contribution in [3.63, 3.8) is 0 Å². The molecule has 6 nitrogen and oxygen atoms in total. The molecule has 1 aromatic carbocycles. The van der Waals surface area contributed by atoms with Gasteiger partial charge in [-0.15, -0.1) is 0 Å². The lowest BCUT2D eigenvalue weighted by Crippen LogP contribution is -2.67. The summed E-state index contributed by atoms with van der Waals surface area (Å²) in [7, 11) is 7.20. The summed E-state index contributed by atoms with van der Waals surface area (Å²) < 4.78 is 17.5. The normalized spacial score (nSPS) is 35.6. The van der Waals surface area contributed by atoms with E-state index >= 15 is 0 Å². The van der Waals surface area contributed by atoms with Crippen LogP contribution >= 0.6 is 0 Å². The largest absolute Gasteiger partial charge is 0.504 e. The van der Waals surface area contributed by atoms with E-state index in [0.717, 1.165) is 36.9 Å². The lowest BCUT2D eigenvalue weighted by atomic mass is 9.50. The van der Waals surface area contributed by atoms with Crippen molar-refractivity contribution in [2.45, 2.75) is 49.0 Å². The number of likely N-dealkylation sites (N-methyl/N-ethyl adjacent to an activating group) is 1. The number of benzene rings is 1. The number of ether oxygens (including phenoxy) is 3. The lowest BCUT2D eigenvalue weighted by molar-refractivity contribution is -0.302. The second-order valence-electron chi connectivity index (χ2n) is 8.09. The van der Waals surface area contributed by atoms with Crippen LogP contribution in [0.1, 0.15) is 30.4 Å². The van der Waals surface area contributed by atoms with Crippen molar-refractivity contribution in [3.8, 4) is 11.5 Å². The summed E-state index contributed by atoms with van der Waals surface area (Å²) in [4.78, 5) is 2.43. The van der Waals surface area contributed by atoms with Crippen molar-refractivity contribution in [1.82, 2.24) is 4.90 Å². The van der Waals surface area contributed by atoms with Gasteiger partial charge in [0.1, 0.15) is 6.10 Å². The predicted octanol–water partition coefficient (Wildman–Crippen LogP) is 2.01. The second-order valence-corrected chi connectivity index (χ2v) is 8.09. The van der Waals surface area contributed by atoms with Gasteiger partial charge < -0.3 is 29.3 Å². The number of phenolic OH excluding ortho intramolecular Hbond substituents is 2. The number of fused-ring (bicyclic) bond motifs is 1. The summed E-state index contributed by atoms with van der Waals surface area (Å²) in [6.45, 7) is 0.941. The van der Waals surface area contributed by atoms with Crippen LogP contribution in [0.25, 0.3) is 0 Å². The van der Waals surface area contributed by atoms with E-state index in [0.29, 0.717) is 18.4 Å². The first-order chi connectivity index (χ1) is 12.4. The molecule has 0 aromatic heterocycles. The molecule has 4 unspecified atom stereocenters. The standard InChI is InChI=1S/C20H29NO5/c1-21-8-7-19-11-20(25-3,26-4)16(24-2)10-13(19)14(21)9-12-5-6-15(22)18(23)17(12)19/h5-6,13-14,16,22-23H,7-11H2,1-4H3. The van der Waals surface area contributed by atoms with E-state index in [1.165, 1.54) is 0 Å². The number of aromatic hydroxyl groups is 2. The topological polar surface area (TPSA) is 71.4 Å². The minimum absolute atomic E-state index is 0.0208. The number of rotatable bonds is 3. The van der Waals surface area contributed by atoms with Gasteiger partial charge >= 0.3 is 0 Å². The Balaban J connectivity index is 1.93. The molecule has 6 heteroatoms. The van der Waals surface area contributed by atoms with Crippen LogP contribution in [0.15, 0.2) is 12.1 Å². The summed E-state index contributed by atoms with van der Waals surface area (Å²) >= 11 is 0. The number of hydrogen-bond donors (Lipinski definition) is 2. The maximum atomic E-state index is 10.8. The maximum Gasteiger partial charge on any atom is 0.194 e. The Morgan fingerprint density at radius 2 is 1.88 bits per heavy atom. The van der Waals surface area contributed by atoms with E-state index in [4.69, 9.17) is 14.2 Å². The average molecular weight is 363 g/mol. The SMILES string of the molecule is COC1CC2C3Cc4ccc(O)c(O)c4C2(CCN3C)CC1(OC)OC. The number of hydrogen-bond acceptors (Lipinski definition) is 6. The van der Waals surface area contributed by atoms with Gasteiger partial charge in [0.2, 0.25) is 0 Å². The first-order valence-corrected chi connectivity index (χ1v) is 9.30. The summed E-state index contributed by atoms with van der Waals surface area (Å²) in [5, 5.41) is 21.0. The molecule has 4 rings (SSSR count). The molecule has 1 aromatic rings. The Hall–Kier alpha value is -1.34. The molecule has 26 heavy (non-hydrogen) atoms. The van der Waals surface area contributed by atoms with Gasteiger partial charge in [-0.1, -0.05) is 6.07 Å². The fourth-order valence-corrected chi connectivity index (χ4v) is 6.00. The molecular weight excluding hydrogens is 334 g/mol. The highest BCUT2D eigenvalue weighted by molar-refractivity contribution is 5.56. The third-order valence-electron chi connectivity index (χ3n) is 7.32. The molecule has 0 amide bonds. The van der Waals surface area contributed by atoms with Crippen molar-refractivity contribution >= 4 is 0 Å². The molecular formula is C20H29NO5. The first kappa shape index (κ1) is 18.0. The molecule has 2 fully saturated rings. The zero-order valence-electron chi connectivity index (χ0n) is 16.0. The average Bonchev–Trinajstić information content (AvgIpc) is 2.66. The van der Waals surface area contributed by atoms with E-state index in [2.05, 4.69) is 11.9 Å². The molecule has 4 atom stereocenters. The van der Waals surface area contributed by atoms with Gasteiger partial charge in [-0.2, -0.15) is 0 Å². The summed E-state index contributed by atoms with van der Waals surface area (Å²) in [5.41, 5.74) is 1.71. The fraction of sp³-hybridized carbons (Fsp3) is 0.700. The lowest BCUT2D eigenvalue weighted by Gasteiger charge is -2.62. The van der Waals surface area contributed by atoms with Gasteiger partial charge in [0.15, 0.2) is 17.3 Å². The Morgan fingerprint density at radius 3 is 2.54 bits per heavy atom. The monoisotopic (exact) mass is 363 g/mol. The molecule has 144 valence electrons. The van der Waals surface area contributed by atoms with E-state index < -0.39 is 5.79 Å². The molecule has 0 spiro atoms. The third-order valence-corrected chi connectivity index (χ3v) is 7.32. The summed E-state index contributed by atoms with van der Waals surface area (Å²) in [5.74, 6) is -0.584. The van der Waals surface area contributed by atoms with E-state index in [9.17, 15) is 10.2 Å². The van der Waals surface area contributed by atoms with Crippen LogP contribution in [-0.2, 0) is 26.0 Å². The van der Waals surface area contributed by atoms with Crippen LogP contribution in [0.5, 0.6) is 11.5 Å². The van der Waals surface area contributed by atoms with Gasteiger partial charge in [-0.25, -0.2) is 0 Å². The molecule has 3 aliphatic rings. The van der Waals surface area contributed by atoms with Gasteiger partial charge in [-0.05, 0) is 50.4 Å². The number of piperidine rings is 1. The highest BCUT2D eigenvalue weighted by Gasteiger charge is 2.63. The van der Waals surface area contributed by atoms with Crippen molar-refractivity contribution < 1.29 is 24.4 Å². The highest BCUT2D eigenvalue weighted by Crippen LogP contribution is 2.61. The second kappa shape index (κ2) is 6.09. The zero-order chi connectivity index (χ0) is 18.7. The predicted molar refractivity (Wildman–Crippen MR) is 96.5 cm³/mol. The van der Waals surface area contributed by atoms with Gasteiger partial charge in [0.05, 0.1) is 0 Å². The minimum atomic E-state index is -0.863. The van der Waals surface area contributed by atoms with E-state index in [1.807, 2.05) is 6.07 Å². The molecule has 2 aliphatic carbocycles. The third kappa shape index (κ3) is 2.19. The Kier molecular flexibility index (Phi) is 4.23. The molecule has 1 heterocycles. The van der Waals surface area contributed by atoms with Crippen molar-refractivity contribution in [1.29, 1.82) is 0 Å². The van der Waals surface area contributed by atoms with Gasteiger partial charge in [0, 0.05) is 44.8 Å². The van der Waals surface area contributed by atoms with Crippen LogP contribution in [0, 0.1) is 5.92 Å². The van der Waals surface area contributed by atoms with E-state index in [1.54, 1.807) is 27.4 Å². The van der Waals surface area contributed by atoms with Gasteiger partial charge in [0.25, 0.3) is 0 Å². The van der Waals surface area contributed by atoms with Crippen molar-refractivity contribution in [2.75, 3.05) is 34.9 Å². The van der Waals surface area contributed by atoms with Crippen LogP contribution in [0.2, 0.25) is 0 Å². The van der Waals surface area contributed by atoms with Gasteiger partial charge in [-0.3, -0.25) is 0 Å². The Labute approximate surface area is 154 Å². The number of likely N-dealkylation sites (tertiary alicyclic amines) is 1. The molecule has 2 N–H and O–H groups in total. The quantitative estimate of drug-likeness (QED) is 0.632. The minimum Gasteiger partial charge on any atom is -0.504 e. The smallest absolute Gasteiger partial charge is 0.194 e.